The number of aryl methyl sites for hydroxylation is 1. The van der Waals surface area contributed by atoms with Crippen LogP contribution in [0.1, 0.15) is 17.1 Å². The third kappa shape index (κ3) is 7.35. The topological polar surface area (TPSA) is 98.6 Å². The highest BCUT2D eigenvalue weighted by Gasteiger charge is 2.22. The Morgan fingerprint density at radius 1 is 1.17 bits per heavy atom. The SMILES string of the molecule is CN=C(NCCC(=O)N1CCN(c2ncccn2)CC1)NCCc1csc(C)n1.I. The van der Waals surface area contributed by atoms with E-state index in [9.17, 15) is 4.79 Å². The Hall–Kier alpha value is -2.02. The van der Waals surface area contributed by atoms with Crippen LogP contribution >= 0.6 is 35.3 Å². The Balaban J connectivity index is 0.00000320. The zero-order valence-corrected chi connectivity index (χ0v) is 20.5. The smallest absolute Gasteiger partial charge is 0.225 e. The lowest BCUT2D eigenvalue weighted by molar-refractivity contribution is -0.131. The van der Waals surface area contributed by atoms with E-state index < -0.39 is 0 Å². The second kappa shape index (κ2) is 12.6. The second-order valence-corrected chi connectivity index (χ2v) is 7.76. The monoisotopic (exact) mass is 544 g/mol. The third-order valence-corrected chi connectivity index (χ3v) is 5.48. The Morgan fingerprint density at radius 2 is 1.87 bits per heavy atom. The van der Waals surface area contributed by atoms with Crippen LogP contribution in [0.3, 0.4) is 0 Å². The molecule has 0 radical (unpaired) electrons. The summed E-state index contributed by atoms with van der Waals surface area (Å²) in [5.41, 5.74) is 1.09. The molecular weight excluding hydrogens is 515 g/mol. The van der Waals surface area contributed by atoms with E-state index in [4.69, 9.17) is 0 Å². The van der Waals surface area contributed by atoms with Gasteiger partial charge in [0.15, 0.2) is 5.96 Å². The zero-order valence-electron chi connectivity index (χ0n) is 17.4. The standard InChI is InChI=1S/C19H28N8OS.HI/c1-15-25-16(14-29-15)4-8-21-18(20-2)22-9-5-17(28)26-10-12-27(13-11-26)19-23-6-3-7-24-19;/h3,6-7,14H,4-5,8-13H2,1-2H3,(H2,20,21,22);1H. The summed E-state index contributed by atoms with van der Waals surface area (Å²) >= 11 is 1.66. The van der Waals surface area contributed by atoms with Crippen molar-refractivity contribution in [3.63, 3.8) is 0 Å². The van der Waals surface area contributed by atoms with Crippen LogP contribution in [0.5, 0.6) is 0 Å². The Bertz CT molecular complexity index is 808. The molecular formula is C19H29IN8OS. The van der Waals surface area contributed by atoms with Crippen molar-refractivity contribution in [1.29, 1.82) is 0 Å². The fourth-order valence-corrected chi connectivity index (χ4v) is 3.76. The highest BCUT2D eigenvalue weighted by atomic mass is 127. The van der Waals surface area contributed by atoms with Gasteiger partial charge in [-0.15, -0.1) is 35.3 Å². The van der Waals surface area contributed by atoms with Gasteiger partial charge in [-0.25, -0.2) is 15.0 Å². The Morgan fingerprint density at radius 3 is 2.50 bits per heavy atom. The van der Waals surface area contributed by atoms with Gasteiger partial charge in [0.2, 0.25) is 11.9 Å². The van der Waals surface area contributed by atoms with E-state index in [1.807, 2.05) is 11.8 Å². The number of hydrogen-bond acceptors (Lipinski definition) is 7. The van der Waals surface area contributed by atoms with Crippen molar-refractivity contribution in [2.24, 2.45) is 4.99 Å². The number of aromatic nitrogens is 3. The molecule has 3 rings (SSSR count). The lowest BCUT2D eigenvalue weighted by Gasteiger charge is -2.34. The van der Waals surface area contributed by atoms with Gasteiger partial charge in [0.05, 0.1) is 10.7 Å². The van der Waals surface area contributed by atoms with E-state index in [0.717, 1.165) is 42.7 Å². The first-order valence-electron chi connectivity index (χ1n) is 9.81. The molecule has 0 aromatic carbocycles. The molecule has 1 fully saturated rings. The van der Waals surface area contributed by atoms with Gasteiger partial charge in [0.25, 0.3) is 0 Å². The number of thiazole rings is 1. The number of piperazine rings is 1. The molecule has 0 saturated carbocycles. The molecule has 0 spiro atoms. The van der Waals surface area contributed by atoms with Crippen molar-refractivity contribution < 1.29 is 4.79 Å². The maximum absolute atomic E-state index is 12.5. The molecule has 3 heterocycles. The first-order chi connectivity index (χ1) is 14.2. The maximum Gasteiger partial charge on any atom is 0.225 e. The number of nitrogens with zero attached hydrogens (tertiary/aromatic N) is 6. The van der Waals surface area contributed by atoms with E-state index in [-0.39, 0.29) is 29.9 Å². The summed E-state index contributed by atoms with van der Waals surface area (Å²) in [6.45, 7) is 6.20. The van der Waals surface area contributed by atoms with Crippen LogP contribution < -0.4 is 15.5 Å². The van der Waals surface area contributed by atoms with Gasteiger partial charge in [-0.2, -0.15) is 0 Å². The summed E-state index contributed by atoms with van der Waals surface area (Å²) in [6, 6.07) is 1.80. The third-order valence-electron chi connectivity index (χ3n) is 4.66. The van der Waals surface area contributed by atoms with Crippen molar-refractivity contribution in [2.45, 2.75) is 19.8 Å². The normalized spacial score (nSPS) is 14.3. The van der Waals surface area contributed by atoms with Gasteiger partial charge in [0.1, 0.15) is 0 Å². The molecule has 1 aliphatic rings. The molecule has 2 N–H and O–H groups in total. The van der Waals surface area contributed by atoms with E-state index in [0.29, 0.717) is 32.0 Å². The van der Waals surface area contributed by atoms with E-state index in [1.165, 1.54) is 0 Å². The van der Waals surface area contributed by atoms with Crippen molar-refractivity contribution in [1.82, 2.24) is 30.5 Å². The molecule has 164 valence electrons. The molecule has 1 aliphatic heterocycles. The number of rotatable bonds is 7. The molecule has 11 heteroatoms. The summed E-state index contributed by atoms with van der Waals surface area (Å²) in [5, 5.41) is 9.63. The average Bonchev–Trinajstić information content (AvgIpc) is 3.18. The van der Waals surface area contributed by atoms with E-state index in [2.05, 4.69) is 40.9 Å². The van der Waals surface area contributed by atoms with Crippen LogP contribution in [-0.4, -0.2) is 78.0 Å². The number of amides is 1. The fraction of sp³-hybridized carbons (Fsp3) is 0.526. The fourth-order valence-electron chi connectivity index (χ4n) is 3.11. The average molecular weight is 544 g/mol. The van der Waals surface area contributed by atoms with Crippen LogP contribution in [0.4, 0.5) is 5.95 Å². The molecule has 0 unspecified atom stereocenters. The predicted octanol–water partition coefficient (Wildman–Crippen LogP) is 1.31. The van der Waals surface area contributed by atoms with Gasteiger partial charge in [-0.05, 0) is 13.0 Å². The molecule has 9 nitrogen and oxygen atoms in total. The summed E-state index contributed by atoms with van der Waals surface area (Å²) in [7, 11) is 1.73. The summed E-state index contributed by atoms with van der Waals surface area (Å²) in [4.78, 5) is 33.7. The van der Waals surface area contributed by atoms with Crippen molar-refractivity contribution >= 4 is 53.1 Å². The summed E-state index contributed by atoms with van der Waals surface area (Å²) in [5.74, 6) is 1.58. The largest absolute Gasteiger partial charge is 0.356 e. The number of hydrogen-bond donors (Lipinski definition) is 2. The van der Waals surface area contributed by atoms with E-state index in [1.54, 1.807) is 36.8 Å². The number of anilines is 1. The first-order valence-corrected chi connectivity index (χ1v) is 10.7. The van der Waals surface area contributed by atoms with E-state index >= 15 is 0 Å². The molecule has 0 atom stereocenters. The number of halogens is 1. The quantitative estimate of drug-likeness (QED) is 0.308. The number of nitrogens with one attached hydrogen (secondary N) is 2. The predicted molar refractivity (Wildman–Crippen MR) is 131 cm³/mol. The minimum Gasteiger partial charge on any atom is -0.356 e. The molecule has 2 aromatic rings. The van der Waals surface area contributed by atoms with Crippen LogP contribution in [0.25, 0.3) is 0 Å². The van der Waals surface area contributed by atoms with Crippen LogP contribution in [0.15, 0.2) is 28.8 Å². The first kappa shape index (κ1) is 24.3. The molecule has 1 amide bonds. The van der Waals surface area contributed by atoms with Crippen molar-refractivity contribution in [3.8, 4) is 0 Å². The van der Waals surface area contributed by atoms with Crippen LogP contribution in [-0.2, 0) is 11.2 Å². The number of carbonyl (C=O) groups is 1. The molecule has 1 saturated heterocycles. The second-order valence-electron chi connectivity index (χ2n) is 6.70. The number of aliphatic imine (C=N–C) groups is 1. The molecule has 0 bridgehead atoms. The minimum absolute atomic E-state index is 0. The van der Waals surface area contributed by atoms with Gasteiger partial charge >= 0.3 is 0 Å². The molecule has 30 heavy (non-hydrogen) atoms. The summed E-state index contributed by atoms with van der Waals surface area (Å²) < 4.78 is 0. The zero-order chi connectivity index (χ0) is 20.5. The highest BCUT2D eigenvalue weighted by molar-refractivity contribution is 14.0. The van der Waals surface area contributed by atoms with Gasteiger partial charge < -0.3 is 20.4 Å². The van der Waals surface area contributed by atoms with Crippen LogP contribution in [0, 0.1) is 6.92 Å². The number of guanidine groups is 1. The Labute approximate surface area is 198 Å². The van der Waals surface area contributed by atoms with Crippen LogP contribution in [0.2, 0.25) is 0 Å². The highest BCUT2D eigenvalue weighted by Crippen LogP contribution is 2.10. The minimum atomic E-state index is 0. The van der Waals surface area contributed by atoms with Crippen molar-refractivity contribution in [3.05, 3.63) is 34.5 Å². The van der Waals surface area contributed by atoms with Crippen molar-refractivity contribution in [2.75, 3.05) is 51.2 Å². The Kier molecular flexibility index (Phi) is 10.2. The lowest BCUT2D eigenvalue weighted by atomic mass is 10.3. The van der Waals surface area contributed by atoms with Gasteiger partial charge in [-0.3, -0.25) is 9.79 Å². The molecule has 0 aliphatic carbocycles. The lowest BCUT2D eigenvalue weighted by Crippen LogP contribution is -2.50. The van der Waals surface area contributed by atoms with Gasteiger partial charge in [0, 0.05) is 76.9 Å². The summed E-state index contributed by atoms with van der Waals surface area (Å²) in [6.07, 6.45) is 4.77. The molecule has 2 aromatic heterocycles. The number of carbonyl (C=O) groups excluding carboxylic acids is 1. The van der Waals surface area contributed by atoms with Gasteiger partial charge in [-0.1, -0.05) is 0 Å². The maximum atomic E-state index is 12.5.